The van der Waals surface area contributed by atoms with Crippen molar-refractivity contribution in [1.29, 1.82) is 0 Å². The van der Waals surface area contributed by atoms with Crippen molar-refractivity contribution in [1.82, 2.24) is 0 Å². The van der Waals surface area contributed by atoms with E-state index in [9.17, 15) is 27.6 Å². The molecule has 140 valence electrons. The van der Waals surface area contributed by atoms with E-state index in [4.69, 9.17) is 4.74 Å². The van der Waals surface area contributed by atoms with Gasteiger partial charge in [0.15, 0.2) is 12.4 Å². The van der Waals surface area contributed by atoms with E-state index in [0.717, 1.165) is 12.1 Å². The standard InChI is InChI=1S/C18H12F3NO4S/c19-18(20,21)27-13-4-1-10(2-5-13)17(25)26-9-15(23)11-3-6-14-12(7-11)8-16(24)22-14/h1-7H,8-9H2,(H,22,24). The Balaban J connectivity index is 1.58. The summed E-state index contributed by atoms with van der Waals surface area (Å²) in [5, 5.41) is 2.65. The molecule has 1 N–H and O–H groups in total. The number of Topliss-reactive ketones (excluding diaryl/α,β-unsaturated/α-hetero) is 1. The molecule has 1 heterocycles. The molecule has 2 aromatic carbocycles. The number of halogens is 3. The van der Waals surface area contributed by atoms with Gasteiger partial charge in [0, 0.05) is 16.1 Å². The van der Waals surface area contributed by atoms with E-state index in [1.165, 1.54) is 18.2 Å². The van der Waals surface area contributed by atoms with Gasteiger partial charge < -0.3 is 10.1 Å². The van der Waals surface area contributed by atoms with E-state index >= 15 is 0 Å². The highest BCUT2D eigenvalue weighted by Gasteiger charge is 2.29. The molecule has 0 saturated heterocycles. The van der Waals surface area contributed by atoms with Gasteiger partial charge >= 0.3 is 11.5 Å². The van der Waals surface area contributed by atoms with Crippen molar-refractivity contribution in [3.8, 4) is 0 Å². The third kappa shape index (κ3) is 4.88. The highest BCUT2D eigenvalue weighted by molar-refractivity contribution is 8.00. The van der Waals surface area contributed by atoms with E-state index in [0.29, 0.717) is 16.8 Å². The molecule has 0 aromatic heterocycles. The molecule has 5 nitrogen and oxygen atoms in total. The molecule has 1 aliphatic rings. The molecule has 0 unspecified atom stereocenters. The van der Waals surface area contributed by atoms with Gasteiger partial charge in [0.25, 0.3) is 0 Å². The number of anilines is 1. The summed E-state index contributed by atoms with van der Waals surface area (Å²) in [6.45, 7) is -0.516. The van der Waals surface area contributed by atoms with E-state index in [-0.39, 0.29) is 34.5 Å². The first-order valence-electron chi connectivity index (χ1n) is 7.70. The highest BCUT2D eigenvalue weighted by atomic mass is 32.2. The number of thioether (sulfide) groups is 1. The van der Waals surface area contributed by atoms with Crippen LogP contribution in [0.3, 0.4) is 0 Å². The second-order valence-electron chi connectivity index (χ2n) is 5.67. The van der Waals surface area contributed by atoms with E-state index in [1.54, 1.807) is 12.1 Å². The topological polar surface area (TPSA) is 72.5 Å². The first kappa shape index (κ1) is 19.0. The lowest BCUT2D eigenvalue weighted by molar-refractivity contribution is -0.115. The third-order valence-corrected chi connectivity index (χ3v) is 4.45. The molecular weight excluding hydrogens is 383 g/mol. The predicted octanol–water partition coefficient (Wildman–Crippen LogP) is 3.83. The van der Waals surface area contributed by atoms with Crippen LogP contribution in [0, 0.1) is 0 Å². The molecule has 9 heteroatoms. The van der Waals surface area contributed by atoms with Crippen LogP contribution >= 0.6 is 11.8 Å². The zero-order valence-corrected chi connectivity index (χ0v) is 14.4. The molecule has 0 atom stereocenters. The minimum atomic E-state index is -4.41. The number of fused-ring (bicyclic) bond motifs is 1. The van der Waals surface area contributed by atoms with Crippen LogP contribution in [-0.4, -0.2) is 29.8 Å². The van der Waals surface area contributed by atoms with E-state index in [1.807, 2.05) is 0 Å². The molecule has 0 aliphatic carbocycles. The third-order valence-electron chi connectivity index (χ3n) is 3.71. The van der Waals surface area contributed by atoms with Crippen molar-refractivity contribution in [3.05, 3.63) is 59.2 Å². The van der Waals surface area contributed by atoms with Gasteiger partial charge in [-0.15, -0.1) is 0 Å². The minimum Gasteiger partial charge on any atom is -0.454 e. The van der Waals surface area contributed by atoms with Gasteiger partial charge in [-0.2, -0.15) is 13.2 Å². The number of amides is 1. The number of hydrogen-bond donors (Lipinski definition) is 1. The number of ether oxygens (including phenoxy) is 1. The molecule has 0 saturated carbocycles. The number of hydrogen-bond acceptors (Lipinski definition) is 5. The Morgan fingerprint density at radius 1 is 1.07 bits per heavy atom. The Labute approximate surface area is 155 Å². The van der Waals surface area contributed by atoms with Crippen molar-refractivity contribution >= 4 is 35.1 Å². The van der Waals surface area contributed by atoms with Crippen molar-refractivity contribution in [2.45, 2.75) is 16.8 Å². The molecule has 0 spiro atoms. The number of carbonyl (C=O) groups is 3. The highest BCUT2D eigenvalue weighted by Crippen LogP contribution is 2.36. The van der Waals surface area contributed by atoms with Gasteiger partial charge in [0.05, 0.1) is 12.0 Å². The zero-order chi connectivity index (χ0) is 19.6. The van der Waals surface area contributed by atoms with Gasteiger partial charge in [-0.05, 0) is 59.8 Å². The Morgan fingerprint density at radius 2 is 1.74 bits per heavy atom. The fourth-order valence-corrected chi connectivity index (χ4v) is 3.03. The minimum absolute atomic E-state index is 0.0399. The van der Waals surface area contributed by atoms with Gasteiger partial charge in [-0.3, -0.25) is 9.59 Å². The van der Waals surface area contributed by atoms with Crippen molar-refractivity contribution in [3.63, 3.8) is 0 Å². The molecule has 1 aliphatic heterocycles. The molecule has 27 heavy (non-hydrogen) atoms. The average molecular weight is 395 g/mol. The van der Waals surface area contributed by atoms with Gasteiger partial charge in [0.1, 0.15) is 0 Å². The summed E-state index contributed by atoms with van der Waals surface area (Å²) in [7, 11) is 0. The van der Waals surface area contributed by atoms with Crippen LogP contribution < -0.4 is 5.32 Å². The summed E-state index contributed by atoms with van der Waals surface area (Å²) < 4.78 is 41.8. The molecule has 0 fully saturated rings. The SMILES string of the molecule is O=C1Cc2cc(C(=O)COC(=O)c3ccc(SC(F)(F)F)cc3)ccc2N1. The van der Waals surface area contributed by atoms with Crippen molar-refractivity contribution in [2.24, 2.45) is 0 Å². The molecule has 2 aromatic rings. The summed E-state index contributed by atoms with van der Waals surface area (Å²) in [5.41, 5.74) is -2.74. The van der Waals surface area contributed by atoms with Crippen LogP contribution in [0.5, 0.6) is 0 Å². The van der Waals surface area contributed by atoms with Crippen LogP contribution in [0.15, 0.2) is 47.4 Å². The summed E-state index contributed by atoms with van der Waals surface area (Å²) >= 11 is -0.289. The summed E-state index contributed by atoms with van der Waals surface area (Å²) in [5.74, 6) is -1.42. The average Bonchev–Trinajstić information content (AvgIpc) is 2.97. The molecule has 3 rings (SSSR count). The monoisotopic (exact) mass is 395 g/mol. The van der Waals surface area contributed by atoms with Gasteiger partial charge in [-0.1, -0.05) is 0 Å². The molecule has 0 radical (unpaired) electrons. The maximum absolute atomic E-state index is 12.3. The lowest BCUT2D eigenvalue weighted by Gasteiger charge is -2.07. The van der Waals surface area contributed by atoms with Crippen LogP contribution in [-0.2, 0) is 16.0 Å². The van der Waals surface area contributed by atoms with Crippen molar-refractivity contribution < 1.29 is 32.3 Å². The Morgan fingerprint density at radius 3 is 2.41 bits per heavy atom. The summed E-state index contributed by atoms with van der Waals surface area (Å²) in [4.78, 5) is 35.4. The van der Waals surface area contributed by atoms with E-state index in [2.05, 4.69) is 5.32 Å². The summed E-state index contributed by atoms with van der Waals surface area (Å²) in [6.07, 6.45) is 0.179. The smallest absolute Gasteiger partial charge is 0.446 e. The van der Waals surface area contributed by atoms with E-state index < -0.39 is 23.9 Å². The van der Waals surface area contributed by atoms with Crippen LogP contribution in [0.1, 0.15) is 26.3 Å². The number of benzene rings is 2. The zero-order valence-electron chi connectivity index (χ0n) is 13.6. The number of rotatable bonds is 5. The lowest BCUT2D eigenvalue weighted by atomic mass is 10.1. The molecular formula is C18H12F3NO4S. The largest absolute Gasteiger partial charge is 0.454 e. The number of ketones is 1. The molecule has 0 bridgehead atoms. The predicted molar refractivity (Wildman–Crippen MR) is 91.7 cm³/mol. The Kier molecular flexibility index (Phi) is 5.22. The number of carbonyl (C=O) groups excluding carboxylic acids is 3. The maximum atomic E-state index is 12.3. The Bertz CT molecular complexity index is 910. The first-order valence-corrected chi connectivity index (χ1v) is 8.52. The van der Waals surface area contributed by atoms with Crippen molar-refractivity contribution in [2.75, 3.05) is 11.9 Å². The number of esters is 1. The van der Waals surface area contributed by atoms with Gasteiger partial charge in [-0.25, -0.2) is 4.79 Å². The first-order chi connectivity index (χ1) is 12.7. The second-order valence-corrected chi connectivity index (χ2v) is 6.81. The van der Waals surface area contributed by atoms with Crippen LogP contribution in [0.25, 0.3) is 0 Å². The fraction of sp³-hybridized carbons (Fsp3) is 0.167. The fourth-order valence-electron chi connectivity index (χ4n) is 2.49. The normalized spacial score (nSPS) is 13.1. The quantitative estimate of drug-likeness (QED) is 0.473. The second kappa shape index (κ2) is 7.43. The lowest BCUT2D eigenvalue weighted by Crippen LogP contribution is -2.14. The molecule has 1 amide bonds. The number of alkyl halides is 3. The summed E-state index contributed by atoms with van der Waals surface area (Å²) in [6, 6.07) is 9.39. The Hall–Kier alpha value is -2.81. The maximum Gasteiger partial charge on any atom is 0.446 e. The van der Waals surface area contributed by atoms with Crippen LogP contribution in [0.2, 0.25) is 0 Å². The van der Waals surface area contributed by atoms with Gasteiger partial charge in [0.2, 0.25) is 5.91 Å². The van der Waals surface area contributed by atoms with Crippen LogP contribution in [0.4, 0.5) is 18.9 Å². The number of nitrogens with one attached hydrogen (secondary N) is 1.